The van der Waals surface area contributed by atoms with Crippen molar-refractivity contribution in [1.29, 1.82) is 0 Å². The average Bonchev–Trinajstić information content (AvgIpc) is 2.38. The predicted molar refractivity (Wildman–Crippen MR) is 61.0 cm³/mol. The largest absolute Gasteiger partial charge is 0.478 e. The smallest absolute Gasteiger partial charge is 0.338 e. The number of nitrogens with one attached hydrogen (secondary N) is 1. The second kappa shape index (κ2) is 5.58. The monoisotopic (exact) mass is 237 g/mol. The molecule has 0 unspecified atom stereocenters. The van der Waals surface area contributed by atoms with Gasteiger partial charge >= 0.3 is 5.97 Å². The van der Waals surface area contributed by atoms with Crippen LogP contribution in [0.4, 0.5) is 5.95 Å². The number of hydrogen-bond donors (Lipinski definition) is 2. The molecule has 1 aromatic rings. The summed E-state index contributed by atoms with van der Waals surface area (Å²) in [6, 6.07) is 0. The Morgan fingerprint density at radius 2 is 2.06 bits per heavy atom. The highest BCUT2D eigenvalue weighted by Gasteiger charge is 2.13. The van der Waals surface area contributed by atoms with Crippen molar-refractivity contribution in [1.82, 2.24) is 9.97 Å². The highest BCUT2D eigenvalue weighted by atomic mass is 16.5. The lowest BCUT2D eigenvalue weighted by Crippen LogP contribution is -2.23. The zero-order valence-corrected chi connectivity index (χ0v) is 9.43. The number of hydrogen-bond acceptors (Lipinski definition) is 5. The molecule has 6 heteroatoms. The minimum absolute atomic E-state index is 0.0987. The summed E-state index contributed by atoms with van der Waals surface area (Å²) in [6.45, 7) is 2.42. The predicted octanol–water partition coefficient (Wildman–Crippen LogP) is 1.01. The molecule has 2 N–H and O–H groups in total. The van der Waals surface area contributed by atoms with Gasteiger partial charge in [0.05, 0.1) is 5.56 Å². The minimum Gasteiger partial charge on any atom is -0.478 e. The zero-order chi connectivity index (χ0) is 12.1. The van der Waals surface area contributed by atoms with Gasteiger partial charge in [-0.1, -0.05) is 0 Å². The Balaban J connectivity index is 1.84. The van der Waals surface area contributed by atoms with E-state index in [1.165, 1.54) is 12.4 Å². The summed E-state index contributed by atoms with van der Waals surface area (Å²) in [4.78, 5) is 18.5. The minimum atomic E-state index is -1.01. The van der Waals surface area contributed by atoms with Crippen molar-refractivity contribution in [3.05, 3.63) is 18.0 Å². The van der Waals surface area contributed by atoms with Gasteiger partial charge in [-0.25, -0.2) is 14.8 Å². The van der Waals surface area contributed by atoms with Gasteiger partial charge in [0.25, 0.3) is 0 Å². The van der Waals surface area contributed by atoms with Crippen LogP contribution < -0.4 is 5.32 Å². The van der Waals surface area contributed by atoms with Crippen LogP contribution >= 0.6 is 0 Å². The van der Waals surface area contributed by atoms with Gasteiger partial charge in [-0.05, 0) is 18.8 Å². The maximum atomic E-state index is 10.6. The third-order valence-electron chi connectivity index (χ3n) is 2.79. The molecule has 1 saturated heterocycles. The number of ether oxygens (including phenoxy) is 1. The van der Waals surface area contributed by atoms with Crippen LogP contribution in [-0.2, 0) is 4.74 Å². The van der Waals surface area contributed by atoms with E-state index in [0.29, 0.717) is 11.9 Å². The number of anilines is 1. The molecule has 2 rings (SSSR count). The third kappa shape index (κ3) is 3.39. The van der Waals surface area contributed by atoms with E-state index in [1.807, 2.05) is 0 Å². The van der Waals surface area contributed by atoms with Crippen molar-refractivity contribution in [2.45, 2.75) is 12.8 Å². The molecule has 0 bridgehead atoms. The lowest BCUT2D eigenvalue weighted by molar-refractivity contribution is 0.0692. The molecule has 92 valence electrons. The summed E-state index contributed by atoms with van der Waals surface area (Å²) in [5.74, 6) is 0.0361. The van der Waals surface area contributed by atoms with E-state index in [4.69, 9.17) is 9.84 Å². The van der Waals surface area contributed by atoms with E-state index < -0.39 is 5.97 Å². The number of aromatic carboxylic acids is 1. The molecule has 1 aromatic heterocycles. The summed E-state index contributed by atoms with van der Waals surface area (Å²) in [5, 5.41) is 11.8. The summed E-state index contributed by atoms with van der Waals surface area (Å²) >= 11 is 0. The Morgan fingerprint density at radius 3 is 2.65 bits per heavy atom. The number of rotatable bonds is 4. The molecule has 0 radical (unpaired) electrons. The van der Waals surface area contributed by atoms with Gasteiger partial charge in [-0.2, -0.15) is 0 Å². The number of carbonyl (C=O) groups is 1. The maximum absolute atomic E-state index is 10.6. The van der Waals surface area contributed by atoms with Crippen molar-refractivity contribution in [2.24, 2.45) is 5.92 Å². The molecule has 0 saturated carbocycles. The first kappa shape index (κ1) is 11.8. The summed E-state index contributed by atoms with van der Waals surface area (Å²) in [5.41, 5.74) is 0.0987. The second-order valence-corrected chi connectivity index (χ2v) is 4.04. The topological polar surface area (TPSA) is 84.3 Å². The van der Waals surface area contributed by atoms with Gasteiger partial charge in [0, 0.05) is 32.2 Å². The van der Waals surface area contributed by atoms with Gasteiger partial charge in [0.15, 0.2) is 0 Å². The normalized spacial score (nSPS) is 16.7. The fourth-order valence-electron chi connectivity index (χ4n) is 1.72. The maximum Gasteiger partial charge on any atom is 0.338 e. The van der Waals surface area contributed by atoms with Crippen LogP contribution in [0.5, 0.6) is 0 Å². The molecule has 0 atom stereocenters. The number of aromatic nitrogens is 2. The third-order valence-corrected chi connectivity index (χ3v) is 2.79. The molecular weight excluding hydrogens is 222 g/mol. The average molecular weight is 237 g/mol. The van der Waals surface area contributed by atoms with Crippen LogP contribution in [0, 0.1) is 5.92 Å². The SMILES string of the molecule is O=C(O)c1cnc(NCC2CCOCC2)nc1. The Bertz CT molecular complexity index is 374. The van der Waals surface area contributed by atoms with E-state index >= 15 is 0 Å². The second-order valence-electron chi connectivity index (χ2n) is 4.04. The molecule has 17 heavy (non-hydrogen) atoms. The van der Waals surface area contributed by atoms with Crippen LogP contribution in [0.25, 0.3) is 0 Å². The summed E-state index contributed by atoms with van der Waals surface area (Å²) in [7, 11) is 0. The first-order valence-electron chi connectivity index (χ1n) is 5.62. The Morgan fingerprint density at radius 1 is 1.41 bits per heavy atom. The first-order valence-corrected chi connectivity index (χ1v) is 5.62. The van der Waals surface area contributed by atoms with Crippen molar-refractivity contribution < 1.29 is 14.6 Å². The fourth-order valence-corrected chi connectivity index (χ4v) is 1.72. The molecule has 1 fully saturated rings. The van der Waals surface area contributed by atoms with Gasteiger partial charge < -0.3 is 15.2 Å². The molecule has 0 amide bonds. The van der Waals surface area contributed by atoms with Gasteiger partial charge in [-0.15, -0.1) is 0 Å². The van der Waals surface area contributed by atoms with Crippen LogP contribution in [0.15, 0.2) is 12.4 Å². The Hall–Kier alpha value is -1.69. The van der Waals surface area contributed by atoms with Crippen LogP contribution in [0.3, 0.4) is 0 Å². The zero-order valence-electron chi connectivity index (χ0n) is 9.43. The van der Waals surface area contributed by atoms with E-state index in [2.05, 4.69) is 15.3 Å². The molecule has 0 spiro atoms. The van der Waals surface area contributed by atoms with E-state index in [-0.39, 0.29) is 5.56 Å². The highest BCUT2D eigenvalue weighted by Crippen LogP contribution is 2.14. The lowest BCUT2D eigenvalue weighted by Gasteiger charge is -2.22. The van der Waals surface area contributed by atoms with Crippen LogP contribution in [0.1, 0.15) is 23.2 Å². The Kier molecular flexibility index (Phi) is 3.87. The standard InChI is InChI=1S/C11H15N3O3/c15-10(16)9-6-13-11(14-7-9)12-5-8-1-3-17-4-2-8/h6-8H,1-5H2,(H,15,16)(H,12,13,14). The first-order chi connectivity index (χ1) is 8.25. The summed E-state index contributed by atoms with van der Waals surface area (Å²) < 4.78 is 5.27. The van der Waals surface area contributed by atoms with Gasteiger partial charge in [0.2, 0.25) is 5.95 Å². The van der Waals surface area contributed by atoms with Crippen molar-refractivity contribution in [3.8, 4) is 0 Å². The Labute approximate surface area is 99.0 Å². The molecule has 2 heterocycles. The number of carboxylic acids is 1. The molecule has 6 nitrogen and oxygen atoms in total. The van der Waals surface area contributed by atoms with Gasteiger partial charge in [0.1, 0.15) is 0 Å². The van der Waals surface area contributed by atoms with Crippen molar-refractivity contribution in [2.75, 3.05) is 25.1 Å². The summed E-state index contributed by atoms with van der Waals surface area (Å²) in [6.07, 6.45) is 4.70. The van der Waals surface area contributed by atoms with Crippen LogP contribution in [0.2, 0.25) is 0 Å². The number of nitrogens with zero attached hydrogens (tertiary/aromatic N) is 2. The van der Waals surface area contributed by atoms with Gasteiger partial charge in [-0.3, -0.25) is 0 Å². The molecule has 1 aliphatic rings. The molecule has 0 aliphatic carbocycles. The highest BCUT2D eigenvalue weighted by molar-refractivity contribution is 5.86. The molecular formula is C11H15N3O3. The van der Waals surface area contributed by atoms with E-state index in [9.17, 15) is 4.79 Å². The van der Waals surface area contributed by atoms with E-state index in [1.54, 1.807) is 0 Å². The van der Waals surface area contributed by atoms with Crippen molar-refractivity contribution in [3.63, 3.8) is 0 Å². The molecule has 1 aliphatic heterocycles. The molecule has 0 aromatic carbocycles. The number of carboxylic acid groups (broad SMARTS) is 1. The quantitative estimate of drug-likeness (QED) is 0.813. The fraction of sp³-hybridized carbons (Fsp3) is 0.545. The van der Waals surface area contributed by atoms with E-state index in [0.717, 1.165) is 32.6 Å². The van der Waals surface area contributed by atoms with Crippen molar-refractivity contribution >= 4 is 11.9 Å². The lowest BCUT2D eigenvalue weighted by atomic mass is 10.0. The van der Waals surface area contributed by atoms with Crippen LogP contribution in [-0.4, -0.2) is 40.8 Å².